The molecule has 0 amide bonds. The third kappa shape index (κ3) is 3.31. The molecule has 1 atom stereocenters. The molecule has 0 radical (unpaired) electrons. The molecule has 2 aromatic carbocycles. The average Bonchev–Trinajstić information content (AvgIpc) is 2.56. The maximum Gasteiger partial charge on any atom is 0.123 e. The van der Waals surface area contributed by atoms with Crippen LogP contribution in [-0.4, -0.2) is 13.1 Å². The summed E-state index contributed by atoms with van der Waals surface area (Å²) < 4.78 is 13.0. The largest absolute Gasteiger partial charge is 0.320 e. The van der Waals surface area contributed by atoms with Crippen LogP contribution in [-0.2, 0) is 0 Å². The second-order valence-electron chi connectivity index (χ2n) is 5.72. The van der Waals surface area contributed by atoms with Crippen molar-refractivity contribution in [1.82, 2.24) is 5.32 Å². The fraction of sp³-hybridized carbons (Fsp3) is 0.333. The van der Waals surface area contributed by atoms with Gasteiger partial charge >= 0.3 is 0 Å². The zero-order valence-corrected chi connectivity index (χ0v) is 12.1. The Labute approximate surface area is 125 Å². The van der Waals surface area contributed by atoms with Gasteiger partial charge < -0.3 is 11.1 Å². The van der Waals surface area contributed by atoms with Crippen molar-refractivity contribution < 1.29 is 4.39 Å². The Balaban J connectivity index is 1.75. The smallest absolute Gasteiger partial charge is 0.123 e. The van der Waals surface area contributed by atoms with Crippen LogP contribution >= 0.6 is 0 Å². The summed E-state index contributed by atoms with van der Waals surface area (Å²) in [6.07, 6.45) is 2.40. The summed E-state index contributed by atoms with van der Waals surface area (Å²) in [6, 6.07) is 14.8. The van der Waals surface area contributed by atoms with Gasteiger partial charge in [0, 0.05) is 0 Å². The van der Waals surface area contributed by atoms with E-state index in [-0.39, 0.29) is 11.9 Å². The molecule has 1 aliphatic heterocycles. The summed E-state index contributed by atoms with van der Waals surface area (Å²) in [5.74, 6) is 0.426. The van der Waals surface area contributed by atoms with Crippen LogP contribution in [0.2, 0.25) is 0 Å². The molecular formula is C18H21FN2. The highest BCUT2D eigenvalue weighted by Crippen LogP contribution is 2.27. The van der Waals surface area contributed by atoms with Crippen molar-refractivity contribution in [3.63, 3.8) is 0 Å². The van der Waals surface area contributed by atoms with E-state index in [1.165, 1.54) is 30.5 Å². The van der Waals surface area contributed by atoms with E-state index < -0.39 is 0 Å². The summed E-state index contributed by atoms with van der Waals surface area (Å²) >= 11 is 0. The molecule has 21 heavy (non-hydrogen) atoms. The van der Waals surface area contributed by atoms with Crippen molar-refractivity contribution >= 4 is 0 Å². The van der Waals surface area contributed by atoms with Crippen LogP contribution in [0.25, 0.3) is 0 Å². The van der Waals surface area contributed by atoms with Crippen LogP contribution in [0.1, 0.15) is 41.5 Å². The Hall–Kier alpha value is -1.71. The molecule has 3 heteroatoms. The molecular weight excluding hydrogens is 263 g/mol. The Morgan fingerprint density at radius 3 is 2.00 bits per heavy atom. The van der Waals surface area contributed by atoms with Gasteiger partial charge in [0.1, 0.15) is 5.82 Å². The molecule has 3 rings (SSSR count). The third-order valence-electron chi connectivity index (χ3n) is 4.34. The maximum absolute atomic E-state index is 13.0. The van der Waals surface area contributed by atoms with Crippen molar-refractivity contribution in [2.24, 2.45) is 5.73 Å². The third-order valence-corrected chi connectivity index (χ3v) is 4.34. The lowest BCUT2D eigenvalue weighted by Crippen LogP contribution is -2.26. The van der Waals surface area contributed by atoms with Gasteiger partial charge in [-0.3, -0.25) is 0 Å². The zero-order chi connectivity index (χ0) is 14.7. The van der Waals surface area contributed by atoms with E-state index in [0.29, 0.717) is 5.92 Å². The van der Waals surface area contributed by atoms with E-state index in [1.807, 2.05) is 0 Å². The summed E-state index contributed by atoms with van der Waals surface area (Å²) in [5, 5.41) is 3.39. The number of piperidine rings is 1. The molecule has 0 bridgehead atoms. The molecule has 2 nitrogen and oxygen atoms in total. The Morgan fingerprint density at radius 2 is 1.43 bits per heavy atom. The molecule has 1 fully saturated rings. The fourth-order valence-electron chi connectivity index (χ4n) is 2.99. The molecule has 0 aliphatic carbocycles. The molecule has 0 saturated carbocycles. The van der Waals surface area contributed by atoms with E-state index >= 15 is 0 Å². The standard InChI is InChI=1S/C18H21FN2/c19-17-7-5-16(6-8-17)18(20)15-3-1-13(2-4-15)14-9-11-21-12-10-14/h1-8,14,18,21H,9-12,20H2. The maximum atomic E-state index is 13.0. The summed E-state index contributed by atoms with van der Waals surface area (Å²) in [5.41, 5.74) is 9.66. The molecule has 1 heterocycles. The highest BCUT2D eigenvalue weighted by Gasteiger charge is 2.16. The Kier molecular flexibility index (Phi) is 4.32. The molecule has 2 aromatic rings. The lowest BCUT2D eigenvalue weighted by atomic mass is 9.89. The summed E-state index contributed by atoms with van der Waals surface area (Å²) in [6.45, 7) is 2.20. The normalized spacial score (nSPS) is 17.6. The van der Waals surface area contributed by atoms with Gasteiger partial charge in [0.25, 0.3) is 0 Å². The van der Waals surface area contributed by atoms with Gasteiger partial charge in [-0.25, -0.2) is 4.39 Å². The van der Waals surface area contributed by atoms with Crippen LogP contribution in [0.5, 0.6) is 0 Å². The van der Waals surface area contributed by atoms with E-state index in [4.69, 9.17) is 5.73 Å². The predicted molar refractivity (Wildman–Crippen MR) is 83.7 cm³/mol. The van der Waals surface area contributed by atoms with E-state index in [9.17, 15) is 4.39 Å². The number of rotatable bonds is 3. The number of hydrogen-bond donors (Lipinski definition) is 2. The van der Waals surface area contributed by atoms with Crippen LogP contribution in [0, 0.1) is 5.82 Å². The number of halogens is 1. The van der Waals surface area contributed by atoms with Crippen molar-refractivity contribution in [3.05, 3.63) is 71.0 Å². The minimum Gasteiger partial charge on any atom is -0.320 e. The number of benzene rings is 2. The molecule has 110 valence electrons. The first-order valence-corrected chi connectivity index (χ1v) is 7.55. The molecule has 0 aromatic heterocycles. The summed E-state index contributed by atoms with van der Waals surface area (Å²) in [4.78, 5) is 0. The molecule has 1 unspecified atom stereocenters. The summed E-state index contributed by atoms with van der Waals surface area (Å²) in [7, 11) is 0. The van der Waals surface area contributed by atoms with Gasteiger partial charge in [-0.1, -0.05) is 36.4 Å². The van der Waals surface area contributed by atoms with Crippen LogP contribution in [0.4, 0.5) is 4.39 Å². The van der Waals surface area contributed by atoms with Crippen LogP contribution < -0.4 is 11.1 Å². The second-order valence-corrected chi connectivity index (χ2v) is 5.72. The van der Waals surface area contributed by atoms with Crippen molar-refractivity contribution in [3.8, 4) is 0 Å². The van der Waals surface area contributed by atoms with Gasteiger partial charge in [0.05, 0.1) is 6.04 Å². The van der Waals surface area contributed by atoms with E-state index in [0.717, 1.165) is 24.2 Å². The molecule has 0 spiro atoms. The number of hydrogen-bond acceptors (Lipinski definition) is 2. The van der Waals surface area contributed by atoms with Crippen LogP contribution in [0.3, 0.4) is 0 Å². The number of nitrogens with one attached hydrogen (secondary N) is 1. The van der Waals surface area contributed by atoms with Crippen molar-refractivity contribution in [1.29, 1.82) is 0 Å². The lowest BCUT2D eigenvalue weighted by molar-refractivity contribution is 0.460. The quantitative estimate of drug-likeness (QED) is 0.907. The fourth-order valence-corrected chi connectivity index (χ4v) is 2.99. The van der Waals surface area contributed by atoms with E-state index in [2.05, 4.69) is 29.6 Å². The van der Waals surface area contributed by atoms with Crippen molar-refractivity contribution in [2.45, 2.75) is 24.8 Å². The first-order chi connectivity index (χ1) is 10.2. The molecule has 1 aliphatic rings. The van der Waals surface area contributed by atoms with Crippen molar-refractivity contribution in [2.75, 3.05) is 13.1 Å². The van der Waals surface area contributed by atoms with Gasteiger partial charge in [0.2, 0.25) is 0 Å². The average molecular weight is 284 g/mol. The zero-order valence-electron chi connectivity index (χ0n) is 12.1. The Morgan fingerprint density at radius 1 is 0.905 bits per heavy atom. The predicted octanol–water partition coefficient (Wildman–Crippen LogP) is 3.34. The second kappa shape index (κ2) is 6.37. The molecule has 3 N–H and O–H groups in total. The molecule has 1 saturated heterocycles. The van der Waals surface area contributed by atoms with Gasteiger partial charge in [-0.15, -0.1) is 0 Å². The lowest BCUT2D eigenvalue weighted by Gasteiger charge is -2.23. The first-order valence-electron chi connectivity index (χ1n) is 7.55. The minimum atomic E-state index is -0.229. The highest BCUT2D eigenvalue weighted by atomic mass is 19.1. The highest BCUT2D eigenvalue weighted by molar-refractivity contribution is 5.34. The van der Waals surface area contributed by atoms with E-state index in [1.54, 1.807) is 12.1 Å². The SMILES string of the molecule is NC(c1ccc(F)cc1)c1ccc(C2CCNCC2)cc1. The topological polar surface area (TPSA) is 38.0 Å². The van der Waals surface area contributed by atoms with Gasteiger partial charge in [-0.2, -0.15) is 0 Å². The number of nitrogens with two attached hydrogens (primary N) is 1. The monoisotopic (exact) mass is 284 g/mol. The van der Waals surface area contributed by atoms with Gasteiger partial charge in [0.15, 0.2) is 0 Å². The minimum absolute atomic E-state index is 0.201. The van der Waals surface area contributed by atoms with Gasteiger partial charge in [-0.05, 0) is 60.7 Å². The Bertz CT molecular complexity index is 571. The first kappa shape index (κ1) is 14.2. The van der Waals surface area contributed by atoms with Crippen LogP contribution in [0.15, 0.2) is 48.5 Å².